The number of rotatable bonds is 3. The van der Waals surface area contributed by atoms with Crippen LogP contribution in [0.1, 0.15) is 45.4 Å². The molecule has 3 nitrogen and oxygen atoms in total. The Labute approximate surface area is 109 Å². The Bertz CT molecular complexity index is 383. The lowest BCUT2D eigenvalue weighted by Crippen LogP contribution is -2.55. The first kappa shape index (κ1) is 12.0. The average Bonchev–Trinajstić information content (AvgIpc) is 2.32. The number of nitrogens with two attached hydrogens (primary N) is 1. The van der Waals surface area contributed by atoms with Gasteiger partial charge >= 0.3 is 0 Å². The Morgan fingerprint density at radius 2 is 1.72 bits per heavy atom. The highest BCUT2D eigenvalue weighted by atomic mass is 16.1. The number of primary amides is 1. The number of nitrogens with zero attached hydrogens (tertiary/aromatic N) is 1. The highest BCUT2D eigenvalue weighted by molar-refractivity contribution is 5.84. The van der Waals surface area contributed by atoms with E-state index in [-0.39, 0.29) is 11.8 Å². The maximum absolute atomic E-state index is 11.9. The number of carbonyl (C=O) groups excluding carboxylic acids is 1. The van der Waals surface area contributed by atoms with Crippen molar-refractivity contribution in [3.63, 3.8) is 0 Å². The molecule has 18 heavy (non-hydrogen) atoms. The molecule has 4 saturated carbocycles. The summed E-state index contributed by atoms with van der Waals surface area (Å²) in [6.45, 7) is 1.94. The minimum Gasteiger partial charge on any atom is -0.368 e. The van der Waals surface area contributed by atoms with Crippen LogP contribution in [-0.2, 0) is 4.79 Å². The molecule has 1 amide bonds. The lowest BCUT2D eigenvalue weighted by atomic mass is 9.46. The molecule has 0 aromatic heterocycles. The van der Waals surface area contributed by atoms with E-state index < -0.39 is 5.41 Å². The van der Waals surface area contributed by atoms with Gasteiger partial charge in [-0.2, -0.15) is 5.26 Å². The van der Waals surface area contributed by atoms with E-state index >= 15 is 0 Å². The SMILES string of the molecule is CCC(C#N)(C(N)=O)C1C2CC3CC(C2)CC1C3. The molecule has 4 fully saturated rings. The fourth-order valence-electron chi connectivity index (χ4n) is 5.51. The van der Waals surface area contributed by atoms with Crippen molar-refractivity contribution in [1.29, 1.82) is 5.26 Å². The van der Waals surface area contributed by atoms with Crippen LogP contribution < -0.4 is 5.73 Å². The summed E-state index contributed by atoms with van der Waals surface area (Å²) in [5.41, 5.74) is 4.71. The lowest BCUT2D eigenvalue weighted by molar-refractivity contribution is -0.139. The molecule has 1 atom stereocenters. The third-order valence-electron chi connectivity index (χ3n) is 5.99. The highest BCUT2D eigenvalue weighted by Crippen LogP contribution is 2.61. The summed E-state index contributed by atoms with van der Waals surface area (Å²) in [6, 6.07) is 2.32. The van der Waals surface area contributed by atoms with E-state index in [0.717, 1.165) is 11.8 Å². The molecule has 0 aromatic rings. The molecule has 0 radical (unpaired) electrons. The molecule has 4 aliphatic carbocycles. The normalized spacial score (nSPS) is 44.3. The molecule has 0 heterocycles. The average molecular weight is 246 g/mol. The smallest absolute Gasteiger partial charge is 0.238 e. The van der Waals surface area contributed by atoms with E-state index in [0.29, 0.717) is 18.3 Å². The van der Waals surface area contributed by atoms with E-state index in [9.17, 15) is 10.1 Å². The predicted octanol–water partition coefficient (Wildman–Crippen LogP) is 2.46. The summed E-state index contributed by atoms with van der Waals surface area (Å²) in [5.74, 6) is 2.74. The van der Waals surface area contributed by atoms with Crippen LogP contribution in [0.15, 0.2) is 0 Å². The summed E-state index contributed by atoms with van der Waals surface area (Å²) >= 11 is 0. The van der Waals surface area contributed by atoms with Crippen molar-refractivity contribution in [3.05, 3.63) is 0 Å². The molecule has 0 aliphatic heterocycles. The van der Waals surface area contributed by atoms with Gasteiger partial charge in [0.1, 0.15) is 5.41 Å². The lowest BCUT2D eigenvalue weighted by Gasteiger charge is -2.57. The second-order valence-corrected chi connectivity index (χ2v) is 6.76. The van der Waals surface area contributed by atoms with Crippen molar-refractivity contribution in [2.45, 2.75) is 45.4 Å². The minimum absolute atomic E-state index is 0.234. The molecule has 3 heteroatoms. The van der Waals surface area contributed by atoms with Crippen LogP contribution in [-0.4, -0.2) is 5.91 Å². The van der Waals surface area contributed by atoms with Gasteiger partial charge in [0.25, 0.3) is 0 Å². The zero-order chi connectivity index (χ0) is 12.9. The largest absolute Gasteiger partial charge is 0.368 e. The number of nitriles is 1. The summed E-state index contributed by atoms with van der Waals surface area (Å²) in [6.07, 6.45) is 6.89. The first-order valence-corrected chi connectivity index (χ1v) is 7.31. The number of hydrogen-bond acceptors (Lipinski definition) is 2. The van der Waals surface area contributed by atoms with E-state index in [1.807, 2.05) is 6.92 Å². The Hall–Kier alpha value is -1.04. The van der Waals surface area contributed by atoms with Gasteiger partial charge in [0.05, 0.1) is 6.07 Å². The van der Waals surface area contributed by atoms with Gasteiger partial charge in [-0.3, -0.25) is 4.79 Å². The second-order valence-electron chi connectivity index (χ2n) is 6.76. The molecular weight excluding hydrogens is 224 g/mol. The molecular formula is C15H22N2O. The number of hydrogen-bond donors (Lipinski definition) is 1. The van der Waals surface area contributed by atoms with Crippen molar-refractivity contribution < 1.29 is 4.79 Å². The highest BCUT2D eigenvalue weighted by Gasteiger charge is 2.57. The van der Waals surface area contributed by atoms with Gasteiger partial charge in [-0.05, 0) is 68.1 Å². The topological polar surface area (TPSA) is 66.9 Å². The van der Waals surface area contributed by atoms with Crippen LogP contribution >= 0.6 is 0 Å². The van der Waals surface area contributed by atoms with Gasteiger partial charge in [0, 0.05) is 0 Å². The van der Waals surface area contributed by atoms with Gasteiger partial charge < -0.3 is 5.73 Å². The minimum atomic E-state index is -0.900. The van der Waals surface area contributed by atoms with Crippen LogP contribution in [0, 0.1) is 46.3 Å². The van der Waals surface area contributed by atoms with Crippen LogP contribution in [0.25, 0.3) is 0 Å². The Morgan fingerprint density at radius 1 is 1.22 bits per heavy atom. The van der Waals surface area contributed by atoms with E-state index in [4.69, 9.17) is 5.73 Å². The Kier molecular flexibility index (Phi) is 2.66. The van der Waals surface area contributed by atoms with Crippen molar-refractivity contribution >= 4 is 5.91 Å². The number of carbonyl (C=O) groups is 1. The van der Waals surface area contributed by atoms with Gasteiger partial charge in [0.2, 0.25) is 5.91 Å². The fourth-order valence-corrected chi connectivity index (χ4v) is 5.51. The summed E-state index contributed by atoms with van der Waals surface area (Å²) in [4.78, 5) is 11.9. The Morgan fingerprint density at radius 3 is 2.06 bits per heavy atom. The van der Waals surface area contributed by atoms with Gasteiger partial charge in [-0.15, -0.1) is 0 Å². The zero-order valence-corrected chi connectivity index (χ0v) is 11.1. The van der Waals surface area contributed by atoms with Crippen molar-refractivity contribution in [3.8, 4) is 6.07 Å². The molecule has 0 saturated heterocycles. The monoisotopic (exact) mass is 246 g/mol. The van der Waals surface area contributed by atoms with Crippen LogP contribution in [0.4, 0.5) is 0 Å². The molecule has 4 rings (SSSR count). The maximum Gasteiger partial charge on any atom is 0.238 e. The molecule has 0 spiro atoms. The first-order chi connectivity index (χ1) is 8.60. The van der Waals surface area contributed by atoms with Crippen molar-refractivity contribution in [2.75, 3.05) is 0 Å². The standard InChI is InChI=1S/C15H22N2O/c1-2-15(8-16,14(17)18)13-11-4-9-3-10(6-11)7-12(13)5-9/h9-13H,2-7H2,1H3,(H2,17,18). The molecule has 4 bridgehead atoms. The second kappa shape index (κ2) is 3.98. The van der Waals surface area contributed by atoms with E-state index in [1.54, 1.807) is 0 Å². The van der Waals surface area contributed by atoms with Crippen LogP contribution in [0.3, 0.4) is 0 Å². The molecule has 4 aliphatic rings. The first-order valence-electron chi connectivity index (χ1n) is 7.31. The van der Waals surface area contributed by atoms with E-state index in [2.05, 4.69) is 6.07 Å². The van der Waals surface area contributed by atoms with Crippen molar-refractivity contribution in [1.82, 2.24) is 0 Å². The van der Waals surface area contributed by atoms with Crippen molar-refractivity contribution in [2.24, 2.45) is 40.7 Å². The predicted molar refractivity (Wildman–Crippen MR) is 68.1 cm³/mol. The van der Waals surface area contributed by atoms with Crippen LogP contribution in [0.2, 0.25) is 0 Å². The fraction of sp³-hybridized carbons (Fsp3) is 0.867. The molecule has 2 N–H and O–H groups in total. The van der Waals surface area contributed by atoms with E-state index in [1.165, 1.54) is 32.1 Å². The summed E-state index contributed by atoms with van der Waals surface area (Å²) < 4.78 is 0. The number of amides is 1. The molecule has 0 aromatic carbocycles. The quantitative estimate of drug-likeness (QED) is 0.831. The van der Waals surface area contributed by atoms with Gasteiger partial charge in [-0.1, -0.05) is 6.92 Å². The third kappa shape index (κ3) is 1.44. The Balaban J connectivity index is 1.96. The van der Waals surface area contributed by atoms with Gasteiger partial charge in [0.15, 0.2) is 0 Å². The molecule has 98 valence electrons. The van der Waals surface area contributed by atoms with Crippen LogP contribution in [0.5, 0.6) is 0 Å². The molecule has 1 unspecified atom stereocenters. The third-order valence-corrected chi connectivity index (χ3v) is 5.99. The summed E-state index contributed by atoms with van der Waals surface area (Å²) in [5, 5.41) is 9.58. The van der Waals surface area contributed by atoms with Gasteiger partial charge in [-0.25, -0.2) is 0 Å². The summed E-state index contributed by atoms with van der Waals surface area (Å²) in [7, 11) is 0. The zero-order valence-electron chi connectivity index (χ0n) is 11.1. The maximum atomic E-state index is 11.9.